The molecule has 21 heavy (non-hydrogen) atoms. The average Bonchev–Trinajstić information content (AvgIpc) is 2.86. The van der Waals surface area contributed by atoms with Crippen LogP contribution >= 0.6 is 0 Å². The van der Waals surface area contributed by atoms with Gasteiger partial charge in [0.1, 0.15) is 8.24 Å². The number of rotatable bonds is 5. The van der Waals surface area contributed by atoms with Crippen LogP contribution in [0.1, 0.15) is 59.8 Å². The monoisotopic (exact) mass is 305 g/mol. The van der Waals surface area contributed by atoms with Crippen LogP contribution in [0.2, 0.25) is 18.1 Å². The summed E-state index contributed by atoms with van der Waals surface area (Å²) in [4.78, 5) is 4.16. The van der Waals surface area contributed by atoms with E-state index in [1.54, 1.807) is 0 Å². The number of nitrogens with one attached hydrogen (secondary N) is 1. The fourth-order valence-electron chi connectivity index (χ4n) is 4.32. The average molecular weight is 306 g/mol. The standard InChI is InChI=1S/C19H35NSi/c1-15(2)17-12-13-19(14-17,16(3)4)21(5,6)20-18-10-8-7-9-11-18/h12-16,18,20H,7-11H2,1-6H3. The minimum absolute atomic E-state index is 0.282. The second-order valence-corrected chi connectivity index (χ2v) is 12.7. The van der Waals surface area contributed by atoms with Crippen molar-refractivity contribution in [2.75, 3.05) is 0 Å². The van der Waals surface area contributed by atoms with Crippen LogP contribution in [0.5, 0.6) is 0 Å². The highest BCUT2D eigenvalue weighted by atomic mass is 28.3. The summed E-state index contributed by atoms with van der Waals surface area (Å²) in [6, 6.07) is 0.765. The van der Waals surface area contributed by atoms with E-state index in [9.17, 15) is 0 Å². The Bertz CT molecular complexity index is 413. The van der Waals surface area contributed by atoms with Gasteiger partial charge < -0.3 is 4.98 Å². The van der Waals surface area contributed by atoms with Gasteiger partial charge in [-0.05, 0) is 30.3 Å². The molecular weight excluding hydrogens is 270 g/mol. The Labute approximate surface area is 133 Å². The molecule has 1 saturated carbocycles. The van der Waals surface area contributed by atoms with Crippen molar-refractivity contribution in [3.8, 4) is 0 Å². The molecule has 1 atom stereocenters. The molecule has 1 N–H and O–H groups in total. The van der Waals surface area contributed by atoms with Crippen molar-refractivity contribution < 1.29 is 0 Å². The van der Waals surface area contributed by atoms with E-state index in [4.69, 9.17) is 0 Å². The first kappa shape index (κ1) is 17.0. The van der Waals surface area contributed by atoms with Crippen LogP contribution in [-0.4, -0.2) is 14.3 Å². The van der Waals surface area contributed by atoms with Crippen molar-refractivity contribution in [1.29, 1.82) is 0 Å². The Kier molecular flexibility index (Phi) is 5.20. The molecule has 1 unspecified atom stereocenters. The Balaban J connectivity index is 2.23. The zero-order valence-electron chi connectivity index (χ0n) is 15.0. The van der Waals surface area contributed by atoms with E-state index in [0.29, 0.717) is 11.8 Å². The van der Waals surface area contributed by atoms with E-state index in [2.05, 4.69) is 64.0 Å². The van der Waals surface area contributed by atoms with Crippen molar-refractivity contribution in [2.24, 2.45) is 11.8 Å². The van der Waals surface area contributed by atoms with Crippen molar-refractivity contribution in [2.45, 2.75) is 84.0 Å². The topological polar surface area (TPSA) is 12.0 Å². The first-order valence-electron chi connectivity index (χ1n) is 8.98. The molecule has 0 spiro atoms. The highest BCUT2D eigenvalue weighted by molar-refractivity contribution is 6.79. The van der Waals surface area contributed by atoms with E-state index < -0.39 is 8.24 Å². The van der Waals surface area contributed by atoms with Gasteiger partial charge in [0.2, 0.25) is 0 Å². The van der Waals surface area contributed by atoms with Crippen molar-refractivity contribution in [1.82, 2.24) is 4.98 Å². The van der Waals surface area contributed by atoms with E-state index in [0.717, 1.165) is 6.04 Å². The molecule has 0 radical (unpaired) electrons. The molecule has 0 saturated heterocycles. The Morgan fingerprint density at radius 3 is 2.19 bits per heavy atom. The summed E-state index contributed by atoms with van der Waals surface area (Å²) in [6.45, 7) is 14.5. The van der Waals surface area contributed by atoms with Gasteiger partial charge in [0.15, 0.2) is 0 Å². The summed E-state index contributed by atoms with van der Waals surface area (Å²) in [5.74, 6) is 1.31. The smallest absolute Gasteiger partial charge is 0.133 e. The van der Waals surface area contributed by atoms with E-state index in [-0.39, 0.29) is 5.04 Å². The molecule has 0 amide bonds. The molecule has 0 aromatic rings. The number of hydrogen-bond donors (Lipinski definition) is 1. The third-order valence-corrected chi connectivity index (χ3v) is 10.0. The van der Waals surface area contributed by atoms with Gasteiger partial charge in [-0.15, -0.1) is 0 Å². The van der Waals surface area contributed by atoms with Crippen LogP contribution in [0, 0.1) is 11.8 Å². The van der Waals surface area contributed by atoms with Crippen LogP contribution < -0.4 is 4.98 Å². The van der Waals surface area contributed by atoms with Crippen LogP contribution in [0.4, 0.5) is 0 Å². The Hall–Kier alpha value is -0.343. The Morgan fingerprint density at radius 1 is 1.10 bits per heavy atom. The molecule has 0 aromatic carbocycles. The van der Waals surface area contributed by atoms with E-state index >= 15 is 0 Å². The predicted octanol–water partition coefficient (Wildman–Crippen LogP) is 5.66. The summed E-state index contributed by atoms with van der Waals surface area (Å²) in [5.41, 5.74) is 1.54. The molecular formula is C19H35NSi. The maximum Gasteiger partial charge on any atom is 0.133 e. The van der Waals surface area contributed by atoms with Gasteiger partial charge in [0.05, 0.1) is 0 Å². The molecule has 2 aliphatic rings. The molecule has 1 nitrogen and oxygen atoms in total. The lowest BCUT2D eigenvalue weighted by Gasteiger charge is -2.46. The predicted molar refractivity (Wildman–Crippen MR) is 97.1 cm³/mol. The first-order valence-corrected chi connectivity index (χ1v) is 12.0. The normalized spacial score (nSPS) is 27.7. The fraction of sp³-hybridized carbons (Fsp3) is 0.789. The van der Waals surface area contributed by atoms with Crippen LogP contribution in [-0.2, 0) is 0 Å². The molecule has 0 aromatic heterocycles. The van der Waals surface area contributed by atoms with E-state index in [1.165, 1.54) is 37.7 Å². The summed E-state index contributed by atoms with van der Waals surface area (Å²) in [5, 5.41) is 0.282. The second-order valence-electron chi connectivity index (χ2n) is 8.32. The molecule has 2 rings (SSSR count). The third-order valence-electron chi connectivity index (χ3n) is 5.83. The second kappa shape index (κ2) is 6.42. The maximum absolute atomic E-state index is 4.16. The first-order chi connectivity index (χ1) is 9.78. The van der Waals surface area contributed by atoms with E-state index in [1.807, 2.05) is 0 Å². The summed E-state index contributed by atoms with van der Waals surface area (Å²) in [7, 11) is -1.57. The van der Waals surface area contributed by atoms with Gasteiger partial charge in [-0.1, -0.05) is 78.3 Å². The summed E-state index contributed by atoms with van der Waals surface area (Å²) < 4.78 is 0. The zero-order valence-corrected chi connectivity index (χ0v) is 16.0. The minimum Gasteiger partial charge on any atom is -0.334 e. The lowest BCUT2D eigenvalue weighted by Crippen LogP contribution is -2.59. The molecule has 0 heterocycles. The molecule has 0 bridgehead atoms. The largest absolute Gasteiger partial charge is 0.334 e. The van der Waals surface area contributed by atoms with Crippen molar-refractivity contribution in [3.63, 3.8) is 0 Å². The highest BCUT2D eigenvalue weighted by Crippen LogP contribution is 2.52. The maximum atomic E-state index is 4.16. The molecule has 2 heteroatoms. The highest BCUT2D eigenvalue weighted by Gasteiger charge is 2.48. The van der Waals surface area contributed by atoms with Crippen LogP contribution in [0.15, 0.2) is 23.8 Å². The zero-order chi connectivity index (χ0) is 15.7. The van der Waals surface area contributed by atoms with Gasteiger partial charge in [0, 0.05) is 11.1 Å². The van der Waals surface area contributed by atoms with Gasteiger partial charge in [0.25, 0.3) is 0 Å². The SMILES string of the molecule is CC(C)C1=CC(C(C)C)([Si](C)(C)NC2CCCCC2)C=C1. The number of allylic oxidation sites excluding steroid dienone is 4. The number of hydrogen-bond acceptors (Lipinski definition) is 1. The molecule has 2 aliphatic carbocycles. The van der Waals surface area contributed by atoms with Gasteiger partial charge in [-0.3, -0.25) is 0 Å². The third kappa shape index (κ3) is 3.37. The van der Waals surface area contributed by atoms with Crippen LogP contribution in [0.25, 0.3) is 0 Å². The lowest BCUT2D eigenvalue weighted by atomic mass is 9.94. The van der Waals surface area contributed by atoms with Crippen molar-refractivity contribution in [3.05, 3.63) is 23.8 Å². The quantitative estimate of drug-likeness (QED) is 0.646. The summed E-state index contributed by atoms with van der Waals surface area (Å²) >= 11 is 0. The summed E-state index contributed by atoms with van der Waals surface area (Å²) in [6.07, 6.45) is 14.6. The fourth-order valence-corrected chi connectivity index (χ4v) is 8.35. The Morgan fingerprint density at radius 2 is 1.71 bits per heavy atom. The molecule has 0 aliphatic heterocycles. The molecule has 1 fully saturated rings. The van der Waals surface area contributed by atoms with Crippen LogP contribution in [0.3, 0.4) is 0 Å². The van der Waals surface area contributed by atoms with Gasteiger partial charge in [-0.25, -0.2) is 0 Å². The van der Waals surface area contributed by atoms with Gasteiger partial charge >= 0.3 is 0 Å². The minimum atomic E-state index is -1.57. The van der Waals surface area contributed by atoms with Gasteiger partial charge in [-0.2, -0.15) is 0 Å². The lowest BCUT2D eigenvalue weighted by molar-refractivity contribution is 0.405. The molecule has 120 valence electrons. The van der Waals surface area contributed by atoms with Crippen molar-refractivity contribution >= 4 is 8.24 Å².